The normalized spacial score (nSPS) is 13.6. The van der Waals surface area contributed by atoms with Crippen molar-refractivity contribution < 1.29 is 4.74 Å². The number of hydrogen-bond acceptors (Lipinski definition) is 5. The summed E-state index contributed by atoms with van der Waals surface area (Å²) in [7, 11) is 1.90. The van der Waals surface area contributed by atoms with Crippen molar-refractivity contribution in [1.82, 2.24) is 15.3 Å². The molecule has 1 aromatic heterocycles. The van der Waals surface area contributed by atoms with Crippen LogP contribution in [0.2, 0.25) is 0 Å². The summed E-state index contributed by atoms with van der Waals surface area (Å²) in [4.78, 5) is 15.1. The van der Waals surface area contributed by atoms with Crippen LogP contribution in [0.15, 0.2) is 46.7 Å². The molecule has 0 saturated carbocycles. The lowest BCUT2D eigenvalue weighted by molar-refractivity contribution is 0.0407. The lowest BCUT2D eigenvalue weighted by Crippen LogP contribution is -2.44. The molecule has 138 valence electrons. The van der Waals surface area contributed by atoms with E-state index in [4.69, 9.17) is 4.74 Å². The Kier molecular flexibility index (Phi) is 8.09. The molecule has 25 heavy (non-hydrogen) atoms. The molecule has 6 nitrogen and oxygen atoms in total. The molecule has 0 bridgehead atoms. The molecule has 0 saturated heterocycles. The van der Waals surface area contributed by atoms with Crippen LogP contribution in [0.5, 0.6) is 0 Å². The monoisotopic (exact) mass is 409 g/mol. The highest BCUT2D eigenvalue weighted by Crippen LogP contribution is 2.14. The van der Waals surface area contributed by atoms with Crippen LogP contribution in [0.4, 0.5) is 5.82 Å². The van der Waals surface area contributed by atoms with E-state index in [9.17, 15) is 0 Å². The first-order valence-electron chi connectivity index (χ1n) is 8.22. The smallest absolute Gasteiger partial charge is 0.180 e. The van der Waals surface area contributed by atoms with Crippen molar-refractivity contribution in [2.75, 3.05) is 11.9 Å². The van der Waals surface area contributed by atoms with Crippen LogP contribution in [0.3, 0.4) is 0 Å². The molecule has 7 heteroatoms. The van der Waals surface area contributed by atoms with Crippen molar-refractivity contribution in [3.63, 3.8) is 0 Å². The SMILES string of the molecule is C=C(NC(C)C(=N/C=C/CC)N(C)c1cnc(Br)cn1)OC(C)(C)C. The number of likely N-dealkylation sites (N-methyl/N-ethyl adjacent to an activating group) is 1. The van der Waals surface area contributed by atoms with Gasteiger partial charge >= 0.3 is 0 Å². The van der Waals surface area contributed by atoms with Gasteiger partial charge in [-0.2, -0.15) is 0 Å². The van der Waals surface area contributed by atoms with Gasteiger partial charge in [0.25, 0.3) is 0 Å². The van der Waals surface area contributed by atoms with Gasteiger partial charge in [0.2, 0.25) is 0 Å². The summed E-state index contributed by atoms with van der Waals surface area (Å²) in [6, 6.07) is -0.133. The van der Waals surface area contributed by atoms with E-state index in [1.54, 1.807) is 18.6 Å². The Bertz CT molecular complexity index is 619. The van der Waals surface area contributed by atoms with E-state index in [2.05, 4.69) is 49.7 Å². The molecule has 1 unspecified atom stereocenters. The fourth-order valence-corrected chi connectivity index (χ4v) is 2.23. The van der Waals surface area contributed by atoms with Crippen LogP contribution in [0.25, 0.3) is 0 Å². The van der Waals surface area contributed by atoms with Gasteiger partial charge in [0, 0.05) is 13.2 Å². The van der Waals surface area contributed by atoms with Crippen molar-refractivity contribution in [2.45, 2.75) is 52.7 Å². The minimum Gasteiger partial charge on any atom is -0.474 e. The zero-order valence-corrected chi connectivity index (χ0v) is 17.5. The Balaban J connectivity index is 2.99. The molecule has 1 rings (SSSR count). The number of aromatic nitrogens is 2. The molecule has 0 fully saturated rings. The summed E-state index contributed by atoms with van der Waals surface area (Å²) in [6.07, 6.45) is 8.06. The standard InChI is InChI=1S/C18H28BrN5O/c1-8-9-10-20-17(13(2)23-14(3)25-18(4,5)6)24(7)16-12-21-15(19)11-22-16/h9-13,23H,3,8H2,1-2,4-7H3/b10-9+,20-17?. The third-order valence-electron chi connectivity index (χ3n) is 3.04. The van der Waals surface area contributed by atoms with Gasteiger partial charge in [0.05, 0.1) is 18.4 Å². The second-order valence-electron chi connectivity index (χ2n) is 6.54. The average molecular weight is 410 g/mol. The Morgan fingerprint density at radius 1 is 1.44 bits per heavy atom. The third-order valence-corrected chi connectivity index (χ3v) is 3.45. The Morgan fingerprint density at radius 3 is 2.64 bits per heavy atom. The molecule has 0 radical (unpaired) electrons. The van der Waals surface area contributed by atoms with Crippen LogP contribution in [-0.2, 0) is 4.74 Å². The molecule has 1 heterocycles. The van der Waals surface area contributed by atoms with Crippen molar-refractivity contribution >= 4 is 27.6 Å². The number of ether oxygens (including phenoxy) is 1. The summed E-state index contributed by atoms with van der Waals surface area (Å²) in [6.45, 7) is 13.9. The zero-order chi connectivity index (χ0) is 19.0. The Hall–Kier alpha value is -1.89. The van der Waals surface area contributed by atoms with E-state index in [0.717, 1.165) is 12.3 Å². The lowest BCUT2D eigenvalue weighted by atomic mass is 10.2. The first-order valence-corrected chi connectivity index (χ1v) is 9.01. The first kappa shape index (κ1) is 21.2. The molecule has 0 amide bonds. The maximum absolute atomic E-state index is 5.75. The number of nitrogens with one attached hydrogen (secondary N) is 1. The predicted octanol–water partition coefficient (Wildman–Crippen LogP) is 4.26. The topological polar surface area (TPSA) is 62.6 Å². The van der Waals surface area contributed by atoms with Gasteiger partial charge in [0.1, 0.15) is 16.0 Å². The van der Waals surface area contributed by atoms with Crippen molar-refractivity contribution in [2.24, 2.45) is 4.99 Å². The molecule has 1 aromatic rings. The molecule has 1 atom stereocenters. The van der Waals surface area contributed by atoms with Crippen LogP contribution in [0.1, 0.15) is 41.0 Å². The van der Waals surface area contributed by atoms with Crippen molar-refractivity contribution in [3.05, 3.63) is 41.7 Å². The van der Waals surface area contributed by atoms with E-state index in [-0.39, 0.29) is 11.6 Å². The molecular weight excluding hydrogens is 382 g/mol. The number of hydrogen-bond donors (Lipinski definition) is 1. The minimum atomic E-state index is -0.313. The van der Waals surface area contributed by atoms with Gasteiger partial charge in [-0.3, -0.25) is 0 Å². The first-order chi connectivity index (χ1) is 11.6. The van der Waals surface area contributed by atoms with E-state index in [1.165, 1.54) is 0 Å². The maximum atomic E-state index is 5.75. The van der Waals surface area contributed by atoms with Crippen LogP contribution >= 0.6 is 15.9 Å². The quantitative estimate of drug-likeness (QED) is 0.413. The van der Waals surface area contributed by atoms with Gasteiger partial charge < -0.3 is 15.0 Å². The summed E-state index contributed by atoms with van der Waals surface area (Å²) in [5.74, 6) is 1.98. The van der Waals surface area contributed by atoms with Gasteiger partial charge in [0.15, 0.2) is 11.7 Å². The summed E-state index contributed by atoms with van der Waals surface area (Å²) >= 11 is 3.30. The van der Waals surface area contributed by atoms with Crippen LogP contribution in [-0.4, -0.2) is 34.5 Å². The number of aliphatic imine (C=N–C) groups is 1. The van der Waals surface area contributed by atoms with Gasteiger partial charge in [-0.1, -0.05) is 13.0 Å². The molecular formula is C18H28BrN5O. The average Bonchev–Trinajstić information content (AvgIpc) is 2.49. The molecule has 1 N–H and O–H groups in total. The second kappa shape index (κ2) is 9.56. The van der Waals surface area contributed by atoms with Gasteiger partial charge in [-0.15, -0.1) is 0 Å². The highest BCUT2D eigenvalue weighted by molar-refractivity contribution is 9.10. The molecule has 0 aliphatic heterocycles. The molecule has 0 aromatic carbocycles. The molecule has 0 spiro atoms. The van der Waals surface area contributed by atoms with E-state index in [1.807, 2.05) is 45.7 Å². The number of nitrogens with zero attached hydrogens (tertiary/aromatic N) is 4. The van der Waals surface area contributed by atoms with Crippen molar-refractivity contribution in [3.8, 4) is 0 Å². The van der Waals surface area contributed by atoms with Crippen LogP contribution in [0, 0.1) is 0 Å². The van der Waals surface area contributed by atoms with E-state index < -0.39 is 0 Å². The lowest BCUT2D eigenvalue weighted by Gasteiger charge is -2.29. The van der Waals surface area contributed by atoms with Gasteiger partial charge in [-0.05, 0) is 56.6 Å². The minimum absolute atomic E-state index is 0.133. The maximum Gasteiger partial charge on any atom is 0.180 e. The summed E-state index contributed by atoms with van der Waals surface area (Å²) in [5, 5.41) is 3.24. The summed E-state index contributed by atoms with van der Waals surface area (Å²) < 4.78 is 6.44. The van der Waals surface area contributed by atoms with E-state index in [0.29, 0.717) is 16.3 Å². The highest BCUT2D eigenvalue weighted by Gasteiger charge is 2.20. The van der Waals surface area contributed by atoms with Crippen molar-refractivity contribution in [1.29, 1.82) is 0 Å². The number of anilines is 1. The number of halogens is 1. The molecule has 0 aliphatic rings. The number of rotatable bonds is 7. The Labute approximate surface area is 159 Å². The van der Waals surface area contributed by atoms with Crippen LogP contribution < -0.4 is 10.2 Å². The zero-order valence-electron chi connectivity index (χ0n) is 15.9. The highest BCUT2D eigenvalue weighted by atomic mass is 79.9. The largest absolute Gasteiger partial charge is 0.474 e. The Morgan fingerprint density at radius 2 is 2.12 bits per heavy atom. The fraction of sp³-hybridized carbons (Fsp3) is 0.500. The third kappa shape index (κ3) is 7.69. The summed E-state index contributed by atoms with van der Waals surface area (Å²) in [5.41, 5.74) is -0.313. The predicted molar refractivity (Wildman–Crippen MR) is 108 cm³/mol. The van der Waals surface area contributed by atoms with E-state index >= 15 is 0 Å². The molecule has 0 aliphatic carbocycles. The number of amidine groups is 1. The van der Waals surface area contributed by atoms with Gasteiger partial charge in [-0.25, -0.2) is 15.0 Å². The second-order valence-corrected chi connectivity index (χ2v) is 7.35. The number of allylic oxidation sites excluding steroid dienone is 1. The fourth-order valence-electron chi connectivity index (χ4n) is 2.02.